The fraction of sp³-hybridized carbons (Fsp3) is 0.500. The zero-order chi connectivity index (χ0) is 14.3. The molecule has 19 heavy (non-hydrogen) atoms. The molecule has 0 aliphatic carbocycles. The van der Waals surface area contributed by atoms with Crippen molar-refractivity contribution in [2.75, 3.05) is 20.3 Å². The van der Waals surface area contributed by atoms with Crippen molar-refractivity contribution in [3.05, 3.63) is 29.6 Å². The van der Waals surface area contributed by atoms with Crippen molar-refractivity contribution in [1.29, 1.82) is 0 Å². The predicted octanol–water partition coefficient (Wildman–Crippen LogP) is 2.01. The minimum absolute atomic E-state index is 0.0514. The van der Waals surface area contributed by atoms with Gasteiger partial charge in [0.15, 0.2) is 11.6 Å². The molecular formula is C12H17F3N2O2. The van der Waals surface area contributed by atoms with Gasteiger partial charge in [-0.1, -0.05) is 12.1 Å². The third-order valence-electron chi connectivity index (χ3n) is 2.58. The van der Waals surface area contributed by atoms with Crippen molar-refractivity contribution in [2.45, 2.75) is 18.9 Å². The number of ether oxygens (including phenoxy) is 2. The molecule has 0 saturated heterocycles. The highest BCUT2D eigenvalue weighted by Crippen LogP contribution is 2.26. The fourth-order valence-corrected chi connectivity index (χ4v) is 1.66. The molecule has 0 fully saturated rings. The maximum absolute atomic E-state index is 14.0. The van der Waals surface area contributed by atoms with Gasteiger partial charge in [-0.15, -0.1) is 0 Å². The molecule has 1 rings (SSSR count). The van der Waals surface area contributed by atoms with E-state index in [1.165, 1.54) is 13.2 Å². The van der Waals surface area contributed by atoms with Gasteiger partial charge < -0.3 is 9.47 Å². The summed E-state index contributed by atoms with van der Waals surface area (Å²) in [7, 11) is 1.36. The molecule has 0 saturated carbocycles. The monoisotopic (exact) mass is 278 g/mol. The highest BCUT2D eigenvalue weighted by molar-refractivity contribution is 5.32. The van der Waals surface area contributed by atoms with E-state index in [4.69, 9.17) is 15.3 Å². The summed E-state index contributed by atoms with van der Waals surface area (Å²) in [6, 6.07) is 4.13. The zero-order valence-electron chi connectivity index (χ0n) is 10.5. The molecule has 4 nitrogen and oxygen atoms in total. The Morgan fingerprint density at radius 1 is 1.37 bits per heavy atom. The summed E-state index contributed by atoms with van der Waals surface area (Å²) in [6.45, 7) is -0.590. The van der Waals surface area contributed by atoms with Crippen LogP contribution in [0.15, 0.2) is 18.2 Å². The number of methoxy groups -OCH3 is 1. The first kappa shape index (κ1) is 15.7. The third-order valence-corrected chi connectivity index (χ3v) is 2.58. The van der Waals surface area contributed by atoms with E-state index in [0.717, 1.165) is 0 Å². The van der Waals surface area contributed by atoms with Crippen LogP contribution in [0.1, 0.15) is 18.0 Å². The van der Waals surface area contributed by atoms with Crippen molar-refractivity contribution in [1.82, 2.24) is 5.43 Å². The lowest BCUT2D eigenvalue weighted by molar-refractivity contribution is 0.0143. The molecule has 0 aliphatic heterocycles. The lowest BCUT2D eigenvalue weighted by Gasteiger charge is -2.18. The second kappa shape index (κ2) is 7.98. The number of nitrogens with one attached hydrogen (secondary N) is 1. The number of nitrogens with two attached hydrogens (primary N) is 1. The number of hydrogen-bond acceptors (Lipinski definition) is 4. The Morgan fingerprint density at radius 2 is 2.11 bits per heavy atom. The molecule has 1 unspecified atom stereocenters. The minimum Gasteiger partial charge on any atom is -0.494 e. The highest BCUT2D eigenvalue weighted by Gasteiger charge is 2.17. The Labute approximate surface area is 109 Å². The number of hydrogen-bond donors (Lipinski definition) is 2. The first-order chi connectivity index (χ1) is 9.10. The van der Waals surface area contributed by atoms with Crippen LogP contribution in [0.5, 0.6) is 5.75 Å². The van der Waals surface area contributed by atoms with Crippen LogP contribution in [0.2, 0.25) is 0 Å². The van der Waals surface area contributed by atoms with E-state index >= 15 is 0 Å². The van der Waals surface area contributed by atoms with Gasteiger partial charge in [-0.3, -0.25) is 11.3 Å². The Balaban J connectivity index is 2.64. The highest BCUT2D eigenvalue weighted by atomic mass is 19.3. The molecule has 1 atom stereocenters. The smallest absolute Gasteiger partial charge is 0.261 e. The molecule has 0 radical (unpaired) electrons. The number of hydrazine groups is 1. The summed E-state index contributed by atoms with van der Waals surface area (Å²) >= 11 is 0. The van der Waals surface area contributed by atoms with Gasteiger partial charge in [-0.25, -0.2) is 13.2 Å². The Hall–Kier alpha value is -1.31. The number of rotatable bonds is 8. The average molecular weight is 278 g/mol. The second-order valence-corrected chi connectivity index (χ2v) is 3.84. The summed E-state index contributed by atoms with van der Waals surface area (Å²) in [4.78, 5) is 0. The second-order valence-electron chi connectivity index (χ2n) is 3.84. The Bertz CT molecular complexity index is 391. The maximum atomic E-state index is 14.0. The molecule has 1 aromatic rings. The van der Waals surface area contributed by atoms with Crippen LogP contribution in [-0.2, 0) is 4.74 Å². The minimum atomic E-state index is -2.52. The summed E-state index contributed by atoms with van der Waals surface area (Å²) in [5.74, 6) is 4.92. The normalized spacial score (nSPS) is 12.7. The van der Waals surface area contributed by atoms with Gasteiger partial charge in [-0.2, -0.15) is 0 Å². The summed E-state index contributed by atoms with van der Waals surface area (Å²) in [5.41, 5.74) is 2.74. The zero-order valence-corrected chi connectivity index (χ0v) is 10.5. The number of benzene rings is 1. The lowest BCUT2D eigenvalue weighted by Crippen LogP contribution is -2.30. The van der Waals surface area contributed by atoms with E-state index in [9.17, 15) is 13.2 Å². The number of alkyl halides is 2. The first-order valence-corrected chi connectivity index (χ1v) is 5.74. The van der Waals surface area contributed by atoms with Gasteiger partial charge in [0.2, 0.25) is 0 Å². The van der Waals surface area contributed by atoms with Crippen molar-refractivity contribution in [2.24, 2.45) is 5.84 Å². The van der Waals surface area contributed by atoms with Crippen molar-refractivity contribution >= 4 is 0 Å². The SMILES string of the molecule is COc1cccc(C(CCOCC(F)F)NN)c1F. The standard InChI is InChI=1S/C12H17F3N2O2/c1-18-10-4-2-3-8(12(10)15)9(17-16)5-6-19-7-11(13)14/h2-4,9,11,17H,5-7,16H2,1H3. The van der Waals surface area contributed by atoms with Crippen molar-refractivity contribution in [3.63, 3.8) is 0 Å². The van der Waals surface area contributed by atoms with Crippen LogP contribution in [0, 0.1) is 5.82 Å². The van der Waals surface area contributed by atoms with E-state index in [0.29, 0.717) is 5.56 Å². The molecular weight excluding hydrogens is 261 g/mol. The number of halogens is 3. The molecule has 0 spiro atoms. The maximum Gasteiger partial charge on any atom is 0.261 e. The summed E-state index contributed by atoms with van der Waals surface area (Å²) < 4.78 is 47.3. The van der Waals surface area contributed by atoms with Crippen LogP contribution in [0.3, 0.4) is 0 Å². The Morgan fingerprint density at radius 3 is 2.68 bits per heavy atom. The van der Waals surface area contributed by atoms with E-state index in [2.05, 4.69) is 5.43 Å². The van der Waals surface area contributed by atoms with Gasteiger partial charge >= 0.3 is 0 Å². The summed E-state index contributed by atoms with van der Waals surface area (Å²) in [6.07, 6.45) is -2.24. The largest absolute Gasteiger partial charge is 0.494 e. The molecule has 0 heterocycles. The quantitative estimate of drug-likeness (QED) is 0.434. The van der Waals surface area contributed by atoms with Crippen LogP contribution in [0.25, 0.3) is 0 Å². The van der Waals surface area contributed by atoms with Crippen molar-refractivity contribution in [3.8, 4) is 5.75 Å². The van der Waals surface area contributed by atoms with E-state index in [1.54, 1.807) is 12.1 Å². The molecule has 0 aromatic heterocycles. The van der Waals surface area contributed by atoms with Crippen LogP contribution in [0.4, 0.5) is 13.2 Å². The van der Waals surface area contributed by atoms with Gasteiger partial charge in [0.25, 0.3) is 6.43 Å². The van der Waals surface area contributed by atoms with Crippen molar-refractivity contribution < 1.29 is 22.6 Å². The topological polar surface area (TPSA) is 56.5 Å². The van der Waals surface area contributed by atoms with Gasteiger partial charge in [0.1, 0.15) is 6.61 Å². The van der Waals surface area contributed by atoms with Gasteiger partial charge in [0, 0.05) is 12.2 Å². The van der Waals surface area contributed by atoms with Crippen LogP contribution >= 0.6 is 0 Å². The molecule has 3 N–H and O–H groups in total. The van der Waals surface area contributed by atoms with Gasteiger partial charge in [-0.05, 0) is 12.5 Å². The molecule has 0 aliphatic rings. The van der Waals surface area contributed by atoms with Crippen LogP contribution in [-0.4, -0.2) is 26.7 Å². The van der Waals surface area contributed by atoms with E-state index in [-0.39, 0.29) is 18.8 Å². The molecule has 1 aromatic carbocycles. The molecule has 108 valence electrons. The molecule has 7 heteroatoms. The third kappa shape index (κ3) is 4.70. The van der Waals surface area contributed by atoms with Crippen LogP contribution < -0.4 is 16.0 Å². The first-order valence-electron chi connectivity index (χ1n) is 5.74. The fourth-order valence-electron chi connectivity index (χ4n) is 1.66. The van der Waals surface area contributed by atoms with Gasteiger partial charge in [0.05, 0.1) is 13.2 Å². The lowest BCUT2D eigenvalue weighted by atomic mass is 10.0. The predicted molar refractivity (Wildman–Crippen MR) is 64.5 cm³/mol. The Kier molecular flexibility index (Phi) is 6.61. The molecule has 0 amide bonds. The van der Waals surface area contributed by atoms with E-state index < -0.39 is 24.9 Å². The van der Waals surface area contributed by atoms with E-state index in [1.807, 2.05) is 0 Å². The molecule has 0 bridgehead atoms. The summed E-state index contributed by atoms with van der Waals surface area (Å²) in [5, 5.41) is 0. The average Bonchev–Trinajstić information content (AvgIpc) is 2.39.